The van der Waals surface area contributed by atoms with Crippen molar-refractivity contribution in [3.05, 3.63) is 35.5 Å². The molecule has 9 nitrogen and oxygen atoms in total. The van der Waals surface area contributed by atoms with Crippen molar-refractivity contribution >= 4 is 40.9 Å². The number of carbonyl (C=O) groups excluding carboxylic acids is 4. The summed E-state index contributed by atoms with van der Waals surface area (Å²) in [6.45, 7) is 3.59. The van der Waals surface area contributed by atoms with E-state index in [4.69, 9.17) is 4.74 Å². The number of hydrogen-bond acceptors (Lipinski definition) is 7. The highest BCUT2D eigenvalue weighted by molar-refractivity contribution is 6.24. The van der Waals surface area contributed by atoms with Crippen molar-refractivity contribution < 1.29 is 23.9 Å². The van der Waals surface area contributed by atoms with Crippen LogP contribution in [0.1, 0.15) is 46.0 Å². The lowest BCUT2D eigenvalue weighted by molar-refractivity contribution is -0.140. The van der Waals surface area contributed by atoms with Crippen molar-refractivity contribution in [3.8, 4) is 0 Å². The molecule has 9 heteroatoms. The number of fused-ring (bicyclic) bond motifs is 2. The lowest BCUT2D eigenvalue weighted by Crippen LogP contribution is -2.39. The lowest BCUT2D eigenvalue weighted by Gasteiger charge is -2.19. The number of hydrogen-bond donors (Lipinski definition) is 2. The van der Waals surface area contributed by atoms with Crippen molar-refractivity contribution in [3.63, 3.8) is 0 Å². The quantitative estimate of drug-likeness (QED) is 0.524. The van der Waals surface area contributed by atoms with Crippen molar-refractivity contribution in [1.82, 2.24) is 10.2 Å². The van der Waals surface area contributed by atoms with Crippen molar-refractivity contribution in [2.45, 2.75) is 46.0 Å². The van der Waals surface area contributed by atoms with E-state index >= 15 is 0 Å². The molecule has 4 rings (SSSR count). The van der Waals surface area contributed by atoms with Gasteiger partial charge in [0.15, 0.2) is 0 Å². The van der Waals surface area contributed by atoms with E-state index in [2.05, 4.69) is 15.6 Å². The summed E-state index contributed by atoms with van der Waals surface area (Å²) in [5, 5.41) is 5.85. The molecular weight excluding hydrogens is 424 g/mol. The van der Waals surface area contributed by atoms with Gasteiger partial charge in [-0.25, -0.2) is 9.79 Å². The van der Waals surface area contributed by atoms with E-state index in [1.54, 1.807) is 26.0 Å². The molecule has 33 heavy (non-hydrogen) atoms. The number of aliphatic imine (C=N–C) groups is 1. The number of amidine groups is 1. The highest BCUT2D eigenvalue weighted by atomic mass is 16.5. The fourth-order valence-corrected chi connectivity index (χ4v) is 4.70. The van der Waals surface area contributed by atoms with Gasteiger partial charge in [-0.15, -0.1) is 0 Å². The number of para-hydroxylation sites is 2. The number of allylic oxidation sites excluding steroid dienone is 1. The molecule has 2 heterocycles. The number of carbonyl (C=O) groups is 4. The Hall–Kier alpha value is -3.49. The zero-order chi connectivity index (χ0) is 23.5. The first-order valence-electron chi connectivity index (χ1n) is 11.4. The molecule has 174 valence electrons. The molecule has 0 aromatic heterocycles. The molecule has 1 saturated heterocycles. The van der Waals surface area contributed by atoms with E-state index < -0.39 is 11.9 Å². The SMILES string of the molecule is CCOC(=O)C1=C(C)Nc2ccccc2N=C1NC(=O)CCN1C(=O)C2CCCCC2C1=O. The maximum absolute atomic E-state index is 12.8. The Bertz CT molecular complexity index is 1040. The first kappa shape index (κ1) is 22.7. The summed E-state index contributed by atoms with van der Waals surface area (Å²) in [6.07, 6.45) is 3.28. The van der Waals surface area contributed by atoms with E-state index in [1.165, 1.54) is 4.90 Å². The molecule has 3 amide bonds. The molecule has 1 saturated carbocycles. The van der Waals surface area contributed by atoms with E-state index in [0.29, 0.717) is 17.1 Å². The molecule has 2 fully saturated rings. The third-order valence-corrected chi connectivity index (χ3v) is 6.30. The second-order valence-electron chi connectivity index (χ2n) is 8.45. The zero-order valence-electron chi connectivity index (χ0n) is 18.8. The van der Waals surface area contributed by atoms with Crippen molar-refractivity contribution in [2.24, 2.45) is 16.8 Å². The Morgan fingerprint density at radius 2 is 1.82 bits per heavy atom. The Labute approximate surface area is 192 Å². The van der Waals surface area contributed by atoms with Gasteiger partial charge in [0, 0.05) is 18.7 Å². The Kier molecular flexibility index (Phi) is 6.57. The minimum Gasteiger partial charge on any atom is -0.462 e. The number of benzene rings is 1. The van der Waals surface area contributed by atoms with E-state index in [-0.39, 0.29) is 54.6 Å². The summed E-state index contributed by atoms with van der Waals surface area (Å²) >= 11 is 0. The third kappa shape index (κ3) is 4.53. The van der Waals surface area contributed by atoms with Gasteiger partial charge < -0.3 is 15.4 Å². The largest absolute Gasteiger partial charge is 0.462 e. The van der Waals surface area contributed by atoms with Crippen LogP contribution >= 0.6 is 0 Å². The summed E-state index contributed by atoms with van der Waals surface area (Å²) in [5.74, 6) is -1.83. The highest BCUT2D eigenvalue weighted by Crippen LogP contribution is 2.38. The van der Waals surface area contributed by atoms with Crippen LogP contribution in [0.3, 0.4) is 0 Å². The second-order valence-corrected chi connectivity index (χ2v) is 8.45. The lowest BCUT2D eigenvalue weighted by atomic mass is 9.81. The van der Waals surface area contributed by atoms with E-state index in [0.717, 1.165) is 25.7 Å². The summed E-state index contributed by atoms with van der Waals surface area (Å²) in [7, 11) is 0. The predicted octanol–water partition coefficient (Wildman–Crippen LogP) is 2.66. The van der Waals surface area contributed by atoms with Crippen molar-refractivity contribution in [1.29, 1.82) is 0 Å². The van der Waals surface area contributed by atoms with Gasteiger partial charge in [-0.1, -0.05) is 25.0 Å². The average Bonchev–Trinajstić information content (AvgIpc) is 2.94. The molecule has 2 N–H and O–H groups in total. The highest BCUT2D eigenvalue weighted by Gasteiger charge is 2.47. The summed E-state index contributed by atoms with van der Waals surface area (Å²) in [6, 6.07) is 7.22. The molecule has 1 aliphatic carbocycles. The smallest absolute Gasteiger partial charge is 0.343 e. The maximum Gasteiger partial charge on any atom is 0.343 e. The molecule has 2 aliphatic heterocycles. The number of rotatable bonds is 5. The second kappa shape index (κ2) is 9.56. The Balaban J connectivity index is 1.51. The molecule has 0 bridgehead atoms. The van der Waals surface area contributed by atoms with E-state index in [9.17, 15) is 19.2 Å². The number of imide groups is 1. The minimum atomic E-state index is -0.608. The molecule has 0 radical (unpaired) electrons. The monoisotopic (exact) mass is 452 g/mol. The number of nitrogens with one attached hydrogen (secondary N) is 2. The molecule has 0 spiro atoms. The number of amides is 3. The van der Waals surface area contributed by atoms with Crippen LogP contribution in [0.25, 0.3) is 0 Å². The van der Waals surface area contributed by atoms with Crippen LogP contribution in [-0.4, -0.2) is 47.6 Å². The van der Waals surface area contributed by atoms with Gasteiger partial charge in [0.25, 0.3) is 0 Å². The number of ether oxygens (including phenoxy) is 1. The van der Waals surface area contributed by atoms with E-state index in [1.807, 2.05) is 12.1 Å². The topological polar surface area (TPSA) is 117 Å². The number of anilines is 1. The Morgan fingerprint density at radius 1 is 1.15 bits per heavy atom. The number of likely N-dealkylation sites (tertiary alicyclic amines) is 1. The molecule has 2 unspecified atom stereocenters. The molecule has 3 aliphatic rings. The van der Waals surface area contributed by atoms with Gasteiger partial charge in [-0.05, 0) is 38.8 Å². The van der Waals surface area contributed by atoms with Crippen LogP contribution in [-0.2, 0) is 23.9 Å². The van der Waals surface area contributed by atoms with Gasteiger partial charge in [0.05, 0.1) is 29.8 Å². The fourth-order valence-electron chi connectivity index (χ4n) is 4.70. The van der Waals surface area contributed by atoms with Crippen LogP contribution in [0.15, 0.2) is 40.5 Å². The maximum atomic E-state index is 12.8. The van der Waals surface area contributed by atoms with Crippen LogP contribution in [0.5, 0.6) is 0 Å². The molecular formula is C24H28N4O5. The normalized spacial score (nSPS) is 22.1. The molecule has 2 atom stereocenters. The third-order valence-electron chi connectivity index (χ3n) is 6.30. The van der Waals surface area contributed by atoms with Gasteiger partial charge >= 0.3 is 5.97 Å². The summed E-state index contributed by atoms with van der Waals surface area (Å²) in [5.41, 5.74) is 1.87. The van der Waals surface area contributed by atoms with Gasteiger partial charge in [-0.3, -0.25) is 19.3 Å². The zero-order valence-corrected chi connectivity index (χ0v) is 18.8. The Morgan fingerprint density at radius 3 is 2.48 bits per heavy atom. The van der Waals surface area contributed by atoms with Gasteiger partial charge in [-0.2, -0.15) is 0 Å². The standard InChI is InChI=1S/C24H28N4O5/c1-3-33-24(32)20-14(2)25-17-10-6-7-11-18(17)26-21(20)27-19(29)12-13-28-22(30)15-8-4-5-9-16(15)23(28)31/h6-7,10-11,15-16,25H,3-5,8-9,12-13H2,1-2H3,(H,26,27,29). The van der Waals surface area contributed by atoms with Crippen LogP contribution in [0, 0.1) is 11.8 Å². The molecule has 1 aromatic rings. The number of esters is 1. The predicted molar refractivity (Wildman–Crippen MR) is 121 cm³/mol. The first-order chi connectivity index (χ1) is 15.9. The first-order valence-corrected chi connectivity index (χ1v) is 11.4. The van der Waals surface area contributed by atoms with Crippen molar-refractivity contribution in [2.75, 3.05) is 18.5 Å². The van der Waals surface area contributed by atoms with Crippen LogP contribution < -0.4 is 10.6 Å². The van der Waals surface area contributed by atoms with Gasteiger partial charge in [0.2, 0.25) is 17.7 Å². The number of nitrogens with zero attached hydrogens (tertiary/aromatic N) is 2. The molecule has 1 aromatic carbocycles. The summed E-state index contributed by atoms with van der Waals surface area (Å²) in [4.78, 5) is 56.5. The fraction of sp³-hybridized carbons (Fsp3) is 0.458. The minimum absolute atomic E-state index is 0.00997. The van der Waals surface area contributed by atoms with Crippen LogP contribution in [0.2, 0.25) is 0 Å². The van der Waals surface area contributed by atoms with Crippen LogP contribution in [0.4, 0.5) is 11.4 Å². The summed E-state index contributed by atoms with van der Waals surface area (Å²) < 4.78 is 5.18. The van der Waals surface area contributed by atoms with Gasteiger partial charge in [0.1, 0.15) is 11.4 Å². The average molecular weight is 453 g/mol.